The van der Waals surface area contributed by atoms with Gasteiger partial charge in [-0.1, -0.05) is 24.3 Å². The maximum Gasteiger partial charge on any atom is 0.271 e. The Bertz CT molecular complexity index is 1690. The normalized spacial score (nSPS) is 12.0. The third kappa shape index (κ3) is 4.94. The van der Waals surface area contributed by atoms with E-state index in [-0.39, 0.29) is 55.8 Å². The van der Waals surface area contributed by atoms with Crippen molar-refractivity contribution in [1.82, 2.24) is 0 Å². The van der Waals surface area contributed by atoms with E-state index in [1.807, 2.05) is 0 Å². The standard InChI is InChI=1S/C22H17N7O6S/c23-15-10-16(24)19(27-28-20-9-12(29(31)32)7-8-21(20)30)11-18(15)26-25-17-5-1-4-14-13(17)3-2-6-22(14)36(33,34)35/h1-11,30H,23-24H2,(H,33,34,35)/p-1. The van der Waals surface area contributed by atoms with Crippen molar-refractivity contribution < 1.29 is 23.0 Å². The summed E-state index contributed by atoms with van der Waals surface area (Å²) in [6, 6.07) is 14.8. The van der Waals surface area contributed by atoms with E-state index in [9.17, 15) is 28.2 Å². The van der Waals surface area contributed by atoms with Crippen molar-refractivity contribution in [3.63, 3.8) is 0 Å². The number of nitro benzene ring substituents is 1. The minimum absolute atomic E-state index is 0.0988. The summed E-state index contributed by atoms with van der Waals surface area (Å²) >= 11 is 0. The smallest absolute Gasteiger partial charge is 0.271 e. The number of nitrogen functional groups attached to an aromatic ring is 2. The highest BCUT2D eigenvalue weighted by Gasteiger charge is 2.12. The number of phenolic OH excluding ortho intramolecular Hbond substituents is 1. The molecule has 0 aromatic heterocycles. The van der Waals surface area contributed by atoms with Gasteiger partial charge in [-0.2, -0.15) is 0 Å². The molecular weight excluding hydrogens is 490 g/mol. The van der Waals surface area contributed by atoms with E-state index in [1.165, 1.54) is 36.4 Å². The molecule has 0 fully saturated rings. The second kappa shape index (κ2) is 9.36. The topological polar surface area (TPSA) is 222 Å². The highest BCUT2D eigenvalue weighted by atomic mass is 32.2. The fourth-order valence-electron chi connectivity index (χ4n) is 3.28. The van der Waals surface area contributed by atoms with Gasteiger partial charge in [-0.25, -0.2) is 8.42 Å². The number of fused-ring (bicyclic) bond motifs is 1. The lowest BCUT2D eigenvalue weighted by atomic mass is 10.1. The molecule has 13 nitrogen and oxygen atoms in total. The van der Waals surface area contributed by atoms with E-state index in [2.05, 4.69) is 20.5 Å². The molecule has 14 heteroatoms. The summed E-state index contributed by atoms with van der Waals surface area (Å²) in [5.41, 5.74) is 12.3. The Kier molecular flexibility index (Phi) is 6.29. The van der Waals surface area contributed by atoms with Crippen LogP contribution < -0.4 is 11.5 Å². The monoisotopic (exact) mass is 506 g/mol. The Balaban J connectivity index is 1.72. The Morgan fingerprint density at radius 2 is 1.33 bits per heavy atom. The van der Waals surface area contributed by atoms with Gasteiger partial charge in [0.15, 0.2) is 0 Å². The third-order valence-electron chi connectivity index (χ3n) is 5.01. The molecule has 4 aromatic carbocycles. The first-order valence-corrected chi connectivity index (χ1v) is 11.4. The quantitative estimate of drug-likeness (QED) is 0.101. The molecule has 0 spiro atoms. The van der Waals surface area contributed by atoms with Crippen LogP contribution in [0.3, 0.4) is 0 Å². The molecule has 4 aromatic rings. The van der Waals surface area contributed by atoms with Crippen LogP contribution in [-0.4, -0.2) is 23.0 Å². The Hall–Kier alpha value is -4.95. The predicted molar refractivity (Wildman–Crippen MR) is 130 cm³/mol. The fourth-order valence-corrected chi connectivity index (χ4v) is 3.97. The van der Waals surface area contributed by atoms with E-state index in [4.69, 9.17) is 11.5 Å². The van der Waals surface area contributed by atoms with Gasteiger partial charge in [0.25, 0.3) is 5.69 Å². The average molecular weight is 506 g/mol. The van der Waals surface area contributed by atoms with Crippen LogP contribution in [0, 0.1) is 10.1 Å². The van der Waals surface area contributed by atoms with Crippen molar-refractivity contribution in [1.29, 1.82) is 0 Å². The van der Waals surface area contributed by atoms with Gasteiger partial charge >= 0.3 is 0 Å². The zero-order valence-corrected chi connectivity index (χ0v) is 19.0. The molecule has 4 rings (SSSR count). The summed E-state index contributed by atoms with van der Waals surface area (Å²) in [5.74, 6) is -0.325. The number of phenols is 1. The van der Waals surface area contributed by atoms with E-state index >= 15 is 0 Å². The molecule has 0 aliphatic carbocycles. The maximum atomic E-state index is 11.6. The van der Waals surface area contributed by atoms with Crippen molar-refractivity contribution in [2.75, 3.05) is 11.5 Å². The molecule has 0 aliphatic heterocycles. The molecule has 0 unspecified atom stereocenters. The van der Waals surface area contributed by atoms with Crippen LogP contribution in [0.15, 0.2) is 92.1 Å². The number of aromatic hydroxyl groups is 1. The number of nitrogens with two attached hydrogens (primary N) is 2. The van der Waals surface area contributed by atoms with E-state index in [0.717, 1.165) is 18.2 Å². The second-order valence-corrected chi connectivity index (χ2v) is 8.73. The Morgan fingerprint density at radius 1 is 0.750 bits per heavy atom. The molecule has 0 heterocycles. The summed E-state index contributed by atoms with van der Waals surface area (Å²) in [5, 5.41) is 37.5. The number of hydrogen-bond donors (Lipinski definition) is 3. The molecule has 0 radical (unpaired) electrons. The first-order chi connectivity index (χ1) is 17.0. The van der Waals surface area contributed by atoms with E-state index in [0.29, 0.717) is 5.39 Å². The van der Waals surface area contributed by atoms with Gasteiger partial charge in [0.05, 0.1) is 26.9 Å². The van der Waals surface area contributed by atoms with Crippen molar-refractivity contribution in [3.8, 4) is 5.75 Å². The number of rotatable bonds is 6. The molecular formula is C22H16N7O6S-. The van der Waals surface area contributed by atoms with Crippen LogP contribution in [-0.2, 0) is 10.1 Å². The molecule has 36 heavy (non-hydrogen) atoms. The largest absolute Gasteiger partial charge is 0.744 e. The fraction of sp³-hybridized carbons (Fsp3) is 0. The summed E-state index contributed by atoms with van der Waals surface area (Å²) < 4.78 is 34.7. The number of azo groups is 2. The SMILES string of the molecule is Nc1cc(N)c(N=Nc2cccc3c(S(=O)(=O)[O-])cccc23)cc1N=Nc1cc([N+](=O)[O-])ccc1O. The summed E-state index contributed by atoms with van der Waals surface area (Å²) in [4.78, 5) is 9.94. The predicted octanol–water partition coefficient (Wildman–Crippen LogP) is 5.35. The van der Waals surface area contributed by atoms with Gasteiger partial charge in [0.1, 0.15) is 32.9 Å². The number of anilines is 2. The van der Waals surface area contributed by atoms with Gasteiger partial charge in [-0.3, -0.25) is 10.1 Å². The van der Waals surface area contributed by atoms with Crippen LogP contribution in [0.25, 0.3) is 10.8 Å². The van der Waals surface area contributed by atoms with Gasteiger partial charge in [-0.15, -0.1) is 20.5 Å². The van der Waals surface area contributed by atoms with Crippen molar-refractivity contribution in [2.24, 2.45) is 20.5 Å². The lowest BCUT2D eigenvalue weighted by Gasteiger charge is -2.11. The van der Waals surface area contributed by atoms with Gasteiger partial charge in [-0.05, 0) is 30.3 Å². The molecule has 182 valence electrons. The molecule has 0 saturated heterocycles. The van der Waals surface area contributed by atoms with Gasteiger partial charge in [0.2, 0.25) is 0 Å². The zero-order chi connectivity index (χ0) is 26.0. The molecule has 0 aliphatic rings. The van der Waals surface area contributed by atoms with Crippen LogP contribution >= 0.6 is 0 Å². The Labute approximate surface area is 203 Å². The minimum Gasteiger partial charge on any atom is -0.744 e. The van der Waals surface area contributed by atoms with Gasteiger partial charge in [0, 0.05) is 22.9 Å². The molecule has 0 amide bonds. The highest BCUT2D eigenvalue weighted by Crippen LogP contribution is 2.38. The van der Waals surface area contributed by atoms with Crippen molar-refractivity contribution in [3.05, 3.63) is 76.8 Å². The van der Waals surface area contributed by atoms with Crippen LogP contribution in [0.1, 0.15) is 0 Å². The first-order valence-electron chi connectivity index (χ1n) is 10.0. The lowest BCUT2D eigenvalue weighted by molar-refractivity contribution is -0.384. The van der Waals surface area contributed by atoms with Crippen LogP contribution in [0.5, 0.6) is 5.75 Å². The first kappa shape index (κ1) is 24.2. The number of benzene rings is 4. The average Bonchev–Trinajstić information content (AvgIpc) is 2.82. The van der Waals surface area contributed by atoms with Crippen molar-refractivity contribution in [2.45, 2.75) is 4.90 Å². The summed E-state index contributed by atoms with van der Waals surface area (Å²) in [7, 11) is -4.70. The van der Waals surface area contributed by atoms with E-state index < -0.39 is 15.0 Å². The molecule has 0 bridgehead atoms. The molecule has 5 N–H and O–H groups in total. The number of hydrogen-bond acceptors (Lipinski definition) is 12. The molecule has 0 saturated carbocycles. The summed E-state index contributed by atoms with van der Waals surface area (Å²) in [6.07, 6.45) is 0. The third-order valence-corrected chi connectivity index (χ3v) is 5.90. The van der Waals surface area contributed by atoms with E-state index in [1.54, 1.807) is 12.1 Å². The van der Waals surface area contributed by atoms with Crippen LogP contribution in [0.4, 0.5) is 39.8 Å². The summed E-state index contributed by atoms with van der Waals surface area (Å²) in [6.45, 7) is 0. The van der Waals surface area contributed by atoms with Crippen LogP contribution in [0.2, 0.25) is 0 Å². The number of nitro groups is 1. The number of non-ortho nitro benzene ring substituents is 1. The van der Waals surface area contributed by atoms with Crippen molar-refractivity contribution >= 4 is 60.7 Å². The molecule has 0 atom stereocenters. The second-order valence-electron chi connectivity index (χ2n) is 7.38. The highest BCUT2D eigenvalue weighted by molar-refractivity contribution is 7.86. The zero-order valence-electron chi connectivity index (χ0n) is 18.1. The lowest BCUT2D eigenvalue weighted by Crippen LogP contribution is -1.99. The minimum atomic E-state index is -4.70. The van der Waals surface area contributed by atoms with Gasteiger partial charge < -0.3 is 21.1 Å². The maximum absolute atomic E-state index is 11.6. The number of nitrogens with zero attached hydrogens (tertiary/aromatic N) is 5. The Morgan fingerprint density at radius 3 is 1.97 bits per heavy atom.